The third-order valence-corrected chi connectivity index (χ3v) is 5.27. The van der Waals surface area contributed by atoms with Crippen LogP contribution < -0.4 is 16.0 Å². The molecule has 0 unspecified atom stereocenters. The number of aromatic nitrogens is 2. The summed E-state index contributed by atoms with van der Waals surface area (Å²) in [6.45, 7) is 9.35. The van der Waals surface area contributed by atoms with E-state index >= 15 is 0 Å². The van der Waals surface area contributed by atoms with Gasteiger partial charge in [-0.05, 0) is 44.5 Å². The van der Waals surface area contributed by atoms with E-state index in [1.165, 1.54) is 0 Å². The minimum absolute atomic E-state index is 0.00369. The second-order valence-electron chi connectivity index (χ2n) is 7.89. The molecule has 3 N–H and O–H groups in total. The van der Waals surface area contributed by atoms with Gasteiger partial charge in [-0.3, -0.25) is 9.59 Å². The predicted molar refractivity (Wildman–Crippen MR) is 118 cm³/mol. The molecule has 3 rings (SSSR count). The monoisotopic (exact) mass is 410 g/mol. The molecule has 1 atom stereocenters. The van der Waals surface area contributed by atoms with E-state index in [-0.39, 0.29) is 17.2 Å². The number of nitrogens with zero attached hydrogens (tertiary/aromatic N) is 3. The maximum Gasteiger partial charge on any atom is 0.254 e. The summed E-state index contributed by atoms with van der Waals surface area (Å²) in [4.78, 5) is 35.8. The Morgan fingerprint density at radius 2 is 1.63 bits per heavy atom. The molecule has 0 aliphatic carbocycles. The molecular formula is C22H30N6O2. The Bertz CT molecular complexity index is 903. The second kappa shape index (κ2) is 9.56. The predicted octanol–water partition coefficient (Wildman–Crippen LogP) is 2.62. The van der Waals surface area contributed by atoms with Crippen LogP contribution in [0.2, 0.25) is 0 Å². The van der Waals surface area contributed by atoms with E-state index in [0.717, 1.165) is 19.5 Å². The molecule has 1 aliphatic heterocycles. The SMILES string of the molecule is CCNc1cc(C(=O)NC[C@]2(C)CCN(C(=O)c3ccnc(NCC)c3)C2)ccn1. The van der Waals surface area contributed by atoms with E-state index in [2.05, 4.69) is 32.8 Å². The first-order valence-corrected chi connectivity index (χ1v) is 10.4. The van der Waals surface area contributed by atoms with Crippen LogP contribution in [-0.4, -0.2) is 59.4 Å². The second-order valence-corrected chi connectivity index (χ2v) is 7.89. The number of anilines is 2. The van der Waals surface area contributed by atoms with Crippen molar-refractivity contribution in [2.24, 2.45) is 5.41 Å². The average Bonchev–Trinajstić information content (AvgIpc) is 3.15. The maximum atomic E-state index is 12.9. The Kier molecular flexibility index (Phi) is 6.87. The first-order valence-electron chi connectivity index (χ1n) is 10.4. The molecule has 3 heterocycles. The lowest BCUT2D eigenvalue weighted by Gasteiger charge is -2.25. The molecule has 30 heavy (non-hydrogen) atoms. The number of nitrogens with one attached hydrogen (secondary N) is 3. The van der Waals surface area contributed by atoms with Gasteiger partial charge in [0.1, 0.15) is 11.6 Å². The highest BCUT2D eigenvalue weighted by Gasteiger charge is 2.36. The van der Waals surface area contributed by atoms with Crippen molar-refractivity contribution in [1.29, 1.82) is 0 Å². The van der Waals surface area contributed by atoms with Gasteiger partial charge in [-0.2, -0.15) is 0 Å². The van der Waals surface area contributed by atoms with Gasteiger partial charge in [0, 0.05) is 61.7 Å². The van der Waals surface area contributed by atoms with Crippen molar-refractivity contribution in [2.45, 2.75) is 27.2 Å². The lowest BCUT2D eigenvalue weighted by atomic mass is 9.89. The van der Waals surface area contributed by atoms with Gasteiger partial charge in [-0.1, -0.05) is 6.92 Å². The fourth-order valence-corrected chi connectivity index (χ4v) is 3.61. The molecule has 0 radical (unpaired) electrons. The number of rotatable bonds is 8. The molecule has 2 amide bonds. The first-order chi connectivity index (χ1) is 14.4. The summed E-state index contributed by atoms with van der Waals surface area (Å²) in [5.74, 6) is 1.25. The van der Waals surface area contributed by atoms with Gasteiger partial charge in [0.2, 0.25) is 0 Å². The molecule has 0 aromatic carbocycles. The van der Waals surface area contributed by atoms with Crippen molar-refractivity contribution in [2.75, 3.05) is 43.4 Å². The van der Waals surface area contributed by atoms with Crippen LogP contribution >= 0.6 is 0 Å². The van der Waals surface area contributed by atoms with Gasteiger partial charge in [-0.25, -0.2) is 9.97 Å². The summed E-state index contributed by atoms with van der Waals surface area (Å²) in [5, 5.41) is 9.26. The molecular weight excluding hydrogens is 380 g/mol. The Morgan fingerprint density at radius 3 is 2.27 bits per heavy atom. The number of likely N-dealkylation sites (tertiary alicyclic amines) is 1. The highest BCUT2D eigenvalue weighted by Crippen LogP contribution is 2.30. The summed E-state index contributed by atoms with van der Waals surface area (Å²) in [5.41, 5.74) is 1.03. The van der Waals surface area contributed by atoms with Crippen LogP contribution in [0.1, 0.15) is 47.9 Å². The molecule has 0 bridgehead atoms. The van der Waals surface area contributed by atoms with Crippen molar-refractivity contribution in [3.63, 3.8) is 0 Å². The lowest BCUT2D eigenvalue weighted by Crippen LogP contribution is -2.39. The lowest BCUT2D eigenvalue weighted by molar-refractivity contribution is 0.0774. The van der Waals surface area contributed by atoms with E-state index in [1.54, 1.807) is 36.7 Å². The van der Waals surface area contributed by atoms with Crippen LogP contribution in [0.3, 0.4) is 0 Å². The molecule has 1 saturated heterocycles. The molecule has 2 aromatic rings. The van der Waals surface area contributed by atoms with Crippen LogP contribution in [0.4, 0.5) is 11.6 Å². The topological polar surface area (TPSA) is 99.3 Å². The summed E-state index contributed by atoms with van der Waals surface area (Å²) >= 11 is 0. The van der Waals surface area contributed by atoms with Gasteiger partial charge in [0.05, 0.1) is 0 Å². The van der Waals surface area contributed by atoms with Crippen LogP contribution in [-0.2, 0) is 0 Å². The van der Waals surface area contributed by atoms with E-state index in [1.807, 2.05) is 18.7 Å². The molecule has 1 fully saturated rings. The summed E-state index contributed by atoms with van der Waals surface area (Å²) in [6.07, 6.45) is 4.11. The smallest absolute Gasteiger partial charge is 0.254 e. The molecule has 0 saturated carbocycles. The van der Waals surface area contributed by atoms with Crippen molar-refractivity contribution < 1.29 is 9.59 Å². The minimum atomic E-state index is -0.166. The van der Waals surface area contributed by atoms with Crippen LogP contribution in [0.15, 0.2) is 36.7 Å². The third kappa shape index (κ3) is 5.25. The average molecular weight is 411 g/mol. The quantitative estimate of drug-likeness (QED) is 0.619. The highest BCUT2D eigenvalue weighted by molar-refractivity contribution is 5.95. The van der Waals surface area contributed by atoms with E-state index in [0.29, 0.717) is 42.4 Å². The summed E-state index contributed by atoms with van der Waals surface area (Å²) in [7, 11) is 0. The van der Waals surface area contributed by atoms with E-state index in [9.17, 15) is 9.59 Å². The van der Waals surface area contributed by atoms with Crippen molar-refractivity contribution in [3.05, 3.63) is 47.8 Å². The first kappa shape index (κ1) is 21.5. The molecule has 160 valence electrons. The van der Waals surface area contributed by atoms with Crippen molar-refractivity contribution in [1.82, 2.24) is 20.2 Å². The number of carbonyl (C=O) groups is 2. The Balaban J connectivity index is 1.58. The van der Waals surface area contributed by atoms with Crippen LogP contribution in [0, 0.1) is 5.41 Å². The zero-order valence-corrected chi connectivity index (χ0v) is 17.9. The Hall–Kier alpha value is -3.16. The Labute approximate surface area is 177 Å². The summed E-state index contributed by atoms with van der Waals surface area (Å²) < 4.78 is 0. The fourth-order valence-electron chi connectivity index (χ4n) is 3.61. The highest BCUT2D eigenvalue weighted by atomic mass is 16.2. The zero-order chi connectivity index (χ0) is 21.6. The van der Waals surface area contributed by atoms with E-state index in [4.69, 9.17) is 0 Å². The third-order valence-electron chi connectivity index (χ3n) is 5.27. The van der Waals surface area contributed by atoms with Crippen LogP contribution in [0.5, 0.6) is 0 Å². The van der Waals surface area contributed by atoms with Gasteiger partial charge in [-0.15, -0.1) is 0 Å². The molecule has 1 aliphatic rings. The standard InChI is InChI=1S/C22H30N6O2/c1-4-23-18-12-16(6-9-25-18)20(29)27-14-22(3)8-11-28(15-22)21(30)17-7-10-26-19(13-17)24-5-2/h6-7,9-10,12-13H,4-5,8,11,14-15H2,1-3H3,(H,23,25)(H,24,26)(H,27,29)/t22-/m0/s1. The molecule has 8 nitrogen and oxygen atoms in total. The Morgan fingerprint density at radius 1 is 1.03 bits per heavy atom. The van der Waals surface area contributed by atoms with E-state index < -0.39 is 0 Å². The number of amides is 2. The normalized spacial score (nSPS) is 18.2. The van der Waals surface area contributed by atoms with Crippen molar-refractivity contribution in [3.8, 4) is 0 Å². The fraction of sp³-hybridized carbons (Fsp3) is 0.455. The number of carbonyl (C=O) groups excluding carboxylic acids is 2. The van der Waals surface area contributed by atoms with Crippen molar-refractivity contribution >= 4 is 23.5 Å². The zero-order valence-electron chi connectivity index (χ0n) is 17.9. The van der Waals surface area contributed by atoms with Gasteiger partial charge >= 0.3 is 0 Å². The van der Waals surface area contributed by atoms with Crippen LogP contribution in [0.25, 0.3) is 0 Å². The van der Waals surface area contributed by atoms with Gasteiger partial charge in [0.25, 0.3) is 11.8 Å². The number of hydrogen-bond acceptors (Lipinski definition) is 6. The minimum Gasteiger partial charge on any atom is -0.370 e. The number of hydrogen-bond donors (Lipinski definition) is 3. The van der Waals surface area contributed by atoms with Gasteiger partial charge in [0.15, 0.2) is 0 Å². The largest absolute Gasteiger partial charge is 0.370 e. The molecule has 0 spiro atoms. The maximum absolute atomic E-state index is 12.9. The summed E-state index contributed by atoms with van der Waals surface area (Å²) in [6, 6.07) is 6.98. The number of pyridine rings is 2. The van der Waals surface area contributed by atoms with Gasteiger partial charge < -0.3 is 20.9 Å². The molecule has 2 aromatic heterocycles. The molecule has 8 heteroatoms.